The van der Waals surface area contributed by atoms with Crippen LogP contribution in [-0.4, -0.2) is 38.3 Å². The Morgan fingerprint density at radius 2 is 1.92 bits per heavy atom. The van der Waals surface area contributed by atoms with Crippen molar-refractivity contribution in [2.24, 2.45) is 4.99 Å². The monoisotopic (exact) mass is 445 g/mol. The van der Waals surface area contributed by atoms with E-state index in [0.717, 1.165) is 45.1 Å². The minimum Gasteiger partial charge on any atom is -0.381 e. The summed E-state index contributed by atoms with van der Waals surface area (Å²) in [7, 11) is 0. The Morgan fingerprint density at radius 1 is 1.25 bits per heavy atom. The maximum atomic E-state index is 5.63. The topological polar surface area (TPSA) is 45.7 Å². The minimum absolute atomic E-state index is 0. The quantitative estimate of drug-likeness (QED) is 0.414. The highest BCUT2D eigenvalue weighted by Crippen LogP contribution is 2.36. The molecule has 1 fully saturated rings. The molecular formula is C19H32IN3O. The lowest BCUT2D eigenvalue weighted by molar-refractivity contribution is 0.0529. The van der Waals surface area contributed by atoms with E-state index in [9.17, 15) is 0 Å². The highest BCUT2D eigenvalue weighted by molar-refractivity contribution is 14.0. The Bertz CT molecular complexity index is 525. The van der Waals surface area contributed by atoms with E-state index in [4.69, 9.17) is 9.73 Å². The van der Waals surface area contributed by atoms with Crippen molar-refractivity contribution >= 4 is 29.9 Å². The molecule has 5 heteroatoms. The van der Waals surface area contributed by atoms with Crippen LogP contribution >= 0.6 is 24.0 Å². The van der Waals surface area contributed by atoms with Gasteiger partial charge in [0.25, 0.3) is 0 Å². The van der Waals surface area contributed by atoms with E-state index in [1.807, 2.05) is 0 Å². The van der Waals surface area contributed by atoms with Gasteiger partial charge in [0.15, 0.2) is 5.96 Å². The van der Waals surface area contributed by atoms with E-state index >= 15 is 0 Å². The fourth-order valence-electron chi connectivity index (χ4n) is 3.27. The van der Waals surface area contributed by atoms with Gasteiger partial charge in [-0.1, -0.05) is 24.3 Å². The maximum Gasteiger partial charge on any atom is 0.191 e. The van der Waals surface area contributed by atoms with Gasteiger partial charge in [0.1, 0.15) is 0 Å². The first-order valence-corrected chi connectivity index (χ1v) is 8.76. The van der Waals surface area contributed by atoms with Crippen LogP contribution in [0.5, 0.6) is 0 Å². The van der Waals surface area contributed by atoms with Crippen molar-refractivity contribution < 1.29 is 4.74 Å². The fourth-order valence-corrected chi connectivity index (χ4v) is 3.27. The minimum atomic E-state index is 0. The Kier molecular flexibility index (Phi) is 9.05. The summed E-state index contributed by atoms with van der Waals surface area (Å²) in [5.74, 6) is 0.905. The van der Waals surface area contributed by atoms with Crippen LogP contribution in [0.4, 0.5) is 0 Å². The van der Waals surface area contributed by atoms with Crippen LogP contribution in [0.1, 0.15) is 44.7 Å². The summed E-state index contributed by atoms with van der Waals surface area (Å²) in [6.45, 7) is 11.9. The van der Waals surface area contributed by atoms with Crippen LogP contribution in [-0.2, 0) is 10.2 Å². The Hall–Kier alpha value is -0.820. The molecule has 0 amide bonds. The van der Waals surface area contributed by atoms with E-state index in [2.05, 4.69) is 62.6 Å². The van der Waals surface area contributed by atoms with E-state index < -0.39 is 0 Å². The smallest absolute Gasteiger partial charge is 0.191 e. The van der Waals surface area contributed by atoms with Gasteiger partial charge in [0, 0.05) is 31.2 Å². The highest BCUT2D eigenvalue weighted by Gasteiger charge is 2.35. The van der Waals surface area contributed by atoms with Gasteiger partial charge < -0.3 is 15.4 Å². The van der Waals surface area contributed by atoms with Gasteiger partial charge in [-0.15, -0.1) is 24.0 Å². The van der Waals surface area contributed by atoms with Crippen molar-refractivity contribution in [2.45, 2.75) is 52.0 Å². The number of guanidine groups is 1. The molecule has 24 heavy (non-hydrogen) atoms. The lowest BCUT2D eigenvalue weighted by Crippen LogP contribution is -2.43. The van der Waals surface area contributed by atoms with Gasteiger partial charge in [-0.3, -0.25) is 4.99 Å². The molecule has 1 aromatic rings. The molecule has 0 bridgehead atoms. The van der Waals surface area contributed by atoms with Gasteiger partial charge in [0.2, 0.25) is 0 Å². The fraction of sp³-hybridized carbons (Fsp3) is 0.632. The van der Waals surface area contributed by atoms with Crippen molar-refractivity contribution in [3.8, 4) is 0 Å². The zero-order valence-corrected chi connectivity index (χ0v) is 17.7. The van der Waals surface area contributed by atoms with E-state index in [1.54, 1.807) is 0 Å². The predicted molar refractivity (Wildman–Crippen MR) is 113 cm³/mol. The zero-order chi connectivity index (χ0) is 16.7. The summed E-state index contributed by atoms with van der Waals surface area (Å²) in [6.07, 6.45) is 2.06. The molecule has 2 N–H and O–H groups in total. The van der Waals surface area contributed by atoms with Crippen LogP contribution < -0.4 is 10.6 Å². The average Bonchev–Trinajstić information content (AvgIpc) is 2.54. The third kappa shape index (κ3) is 5.62. The number of hydrogen-bond donors (Lipinski definition) is 2. The molecule has 0 spiro atoms. The Labute approximate surface area is 163 Å². The molecule has 136 valence electrons. The number of aliphatic imine (C=N–C) groups is 1. The van der Waals surface area contributed by atoms with E-state index in [0.29, 0.717) is 6.04 Å². The number of nitrogens with zero attached hydrogens (tertiary/aromatic N) is 1. The predicted octanol–water partition coefficient (Wildman–Crippen LogP) is 3.62. The number of hydrogen-bond acceptors (Lipinski definition) is 2. The molecule has 0 saturated carbocycles. The molecule has 1 heterocycles. The number of rotatable bonds is 5. The van der Waals surface area contributed by atoms with Crippen LogP contribution in [0.15, 0.2) is 29.3 Å². The first-order chi connectivity index (χ1) is 11.1. The van der Waals surface area contributed by atoms with Crippen LogP contribution in [0, 0.1) is 6.92 Å². The molecule has 2 rings (SSSR count). The third-order valence-corrected chi connectivity index (χ3v) is 4.48. The molecule has 1 saturated heterocycles. The number of ether oxygens (including phenoxy) is 1. The highest BCUT2D eigenvalue weighted by atomic mass is 127. The second-order valence-corrected chi connectivity index (χ2v) is 6.70. The molecule has 0 radical (unpaired) electrons. The van der Waals surface area contributed by atoms with Gasteiger partial charge in [-0.2, -0.15) is 0 Å². The first kappa shape index (κ1) is 21.2. The van der Waals surface area contributed by atoms with Crippen LogP contribution in [0.25, 0.3) is 0 Å². The van der Waals surface area contributed by atoms with E-state index in [-0.39, 0.29) is 29.4 Å². The van der Waals surface area contributed by atoms with Crippen molar-refractivity contribution in [2.75, 3.05) is 26.3 Å². The van der Waals surface area contributed by atoms with Crippen molar-refractivity contribution in [1.82, 2.24) is 10.6 Å². The lowest BCUT2D eigenvalue weighted by Gasteiger charge is -2.37. The molecule has 0 aliphatic carbocycles. The number of nitrogens with one attached hydrogen (secondary N) is 2. The molecule has 1 aliphatic heterocycles. The van der Waals surface area contributed by atoms with E-state index in [1.165, 1.54) is 11.1 Å². The summed E-state index contributed by atoms with van der Waals surface area (Å²) in [6, 6.07) is 9.09. The molecule has 4 nitrogen and oxygen atoms in total. The second kappa shape index (κ2) is 10.2. The lowest BCUT2D eigenvalue weighted by atomic mass is 9.72. The Morgan fingerprint density at radius 3 is 2.50 bits per heavy atom. The summed E-state index contributed by atoms with van der Waals surface area (Å²) in [4.78, 5) is 4.91. The van der Waals surface area contributed by atoms with Gasteiger partial charge >= 0.3 is 0 Å². The maximum absolute atomic E-state index is 5.63. The molecular weight excluding hydrogens is 413 g/mol. The van der Waals surface area contributed by atoms with Gasteiger partial charge in [-0.25, -0.2) is 0 Å². The van der Waals surface area contributed by atoms with Crippen molar-refractivity contribution in [3.63, 3.8) is 0 Å². The Balaban J connectivity index is 0.00000288. The van der Waals surface area contributed by atoms with Crippen molar-refractivity contribution in [1.29, 1.82) is 0 Å². The van der Waals surface area contributed by atoms with Gasteiger partial charge in [-0.05, 0) is 51.7 Å². The normalized spacial score (nSPS) is 17.3. The average molecular weight is 445 g/mol. The zero-order valence-electron chi connectivity index (χ0n) is 15.4. The third-order valence-electron chi connectivity index (χ3n) is 4.48. The molecule has 0 aromatic heterocycles. The molecule has 0 unspecified atom stereocenters. The standard InChI is InChI=1S/C19H31N3O.HI/c1-5-20-18(22-15(2)3)21-14-19(10-12-23-13-11-19)17-9-7-6-8-16(17)4;/h6-9,15H,5,10-14H2,1-4H3,(H2,20,21,22);1H. The molecule has 0 atom stereocenters. The summed E-state index contributed by atoms with van der Waals surface area (Å²) in [5, 5.41) is 6.76. The number of aryl methyl sites for hydroxylation is 1. The number of benzene rings is 1. The second-order valence-electron chi connectivity index (χ2n) is 6.70. The molecule has 1 aliphatic rings. The van der Waals surface area contributed by atoms with Crippen LogP contribution in [0.3, 0.4) is 0 Å². The first-order valence-electron chi connectivity index (χ1n) is 8.76. The van der Waals surface area contributed by atoms with Gasteiger partial charge in [0.05, 0.1) is 6.54 Å². The van der Waals surface area contributed by atoms with Crippen LogP contribution in [0.2, 0.25) is 0 Å². The molecule has 1 aromatic carbocycles. The van der Waals surface area contributed by atoms with Crippen molar-refractivity contribution in [3.05, 3.63) is 35.4 Å². The largest absolute Gasteiger partial charge is 0.381 e. The SMILES string of the molecule is CCNC(=NCC1(c2ccccc2C)CCOCC1)NC(C)C.I. The summed E-state index contributed by atoms with van der Waals surface area (Å²) >= 11 is 0. The number of halogens is 1. The summed E-state index contributed by atoms with van der Waals surface area (Å²) < 4.78 is 5.63. The summed E-state index contributed by atoms with van der Waals surface area (Å²) in [5.41, 5.74) is 2.86.